The van der Waals surface area contributed by atoms with Gasteiger partial charge in [0.2, 0.25) is 10.0 Å². The van der Waals surface area contributed by atoms with Gasteiger partial charge in [-0.1, -0.05) is 13.8 Å². The fraction of sp³-hybridized carbons (Fsp3) is 0.800. The number of carbonyl (C=O) groups excluding carboxylic acids is 2. The van der Waals surface area contributed by atoms with Crippen molar-refractivity contribution < 1.29 is 27.5 Å². The van der Waals surface area contributed by atoms with E-state index < -0.39 is 33.8 Å². The van der Waals surface area contributed by atoms with Gasteiger partial charge in [-0.05, 0) is 12.8 Å². The molecule has 1 atom stereocenters. The fourth-order valence-electron chi connectivity index (χ4n) is 1.18. The van der Waals surface area contributed by atoms with Gasteiger partial charge in [0.1, 0.15) is 6.04 Å². The van der Waals surface area contributed by atoms with Crippen LogP contribution in [-0.2, 0) is 29.1 Å². The van der Waals surface area contributed by atoms with Crippen LogP contribution in [0.1, 0.15) is 20.8 Å². The molecule has 0 amide bonds. The zero-order valence-electron chi connectivity index (χ0n) is 10.9. The normalized spacial score (nSPS) is 13.2. The third kappa shape index (κ3) is 5.97. The van der Waals surface area contributed by atoms with Crippen LogP contribution in [0.4, 0.5) is 0 Å². The van der Waals surface area contributed by atoms with Crippen molar-refractivity contribution in [2.45, 2.75) is 26.8 Å². The largest absolute Gasteiger partial charge is 0.468 e. The maximum Gasteiger partial charge on any atom is 0.324 e. The Balaban J connectivity index is 4.72. The summed E-state index contributed by atoms with van der Waals surface area (Å²) < 4.78 is 34.4. The van der Waals surface area contributed by atoms with Crippen molar-refractivity contribution in [1.82, 2.24) is 4.72 Å². The number of esters is 2. The molecule has 0 aromatic heterocycles. The van der Waals surface area contributed by atoms with E-state index in [1.165, 1.54) is 0 Å². The first kappa shape index (κ1) is 16.9. The molecular formula is C10H19NO6S. The molecule has 0 heterocycles. The molecule has 0 saturated carbocycles. The van der Waals surface area contributed by atoms with E-state index in [0.29, 0.717) is 0 Å². The Bertz CT molecular complexity index is 389. The van der Waals surface area contributed by atoms with Crippen molar-refractivity contribution in [3.05, 3.63) is 0 Å². The molecule has 0 aliphatic heterocycles. The summed E-state index contributed by atoms with van der Waals surface area (Å²) in [4.78, 5) is 22.5. The molecule has 0 aliphatic rings. The molecule has 0 rings (SSSR count). The fourth-order valence-corrected chi connectivity index (χ4v) is 2.41. The Kier molecular flexibility index (Phi) is 6.85. The zero-order valence-corrected chi connectivity index (χ0v) is 11.7. The summed E-state index contributed by atoms with van der Waals surface area (Å²) in [7, 11) is -2.76. The monoisotopic (exact) mass is 281 g/mol. The minimum atomic E-state index is -3.93. The molecule has 8 heteroatoms. The van der Waals surface area contributed by atoms with Gasteiger partial charge in [0.15, 0.2) is 5.75 Å². The molecule has 18 heavy (non-hydrogen) atoms. The molecule has 0 radical (unpaired) electrons. The predicted molar refractivity (Wildman–Crippen MR) is 64.2 cm³/mol. The molecule has 1 N–H and O–H groups in total. The van der Waals surface area contributed by atoms with Gasteiger partial charge in [-0.25, -0.2) is 13.1 Å². The molecule has 0 fully saturated rings. The predicted octanol–water partition coefficient (Wildman–Crippen LogP) is -0.333. The first-order chi connectivity index (χ1) is 8.23. The first-order valence-corrected chi connectivity index (χ1v) is 7.12. The number of hydrogen-bond acceptors (Lipinski definition) is 6. The minimum Gasteiger partial charge on any atom is -0.468 e. The van der Waals surface area contributed by atoms with Gasteiger partial charge in [-0.2, -0.15) is 0 Å². The molecule has 0 aromatic carbocycles. The standard InChI is InChI=1S/C10H19NO6S/c1-5-17-8(12)6-18(14,15)11-9(7(2)3)10(13)16-4/h7,9,11H,5-6H2,1-4H3. The van der Waals surface area contributed by atoms with Gasteiger partial charge in [0.05, 0.1) is 13.7 Å². The summed E-state index contributed by atoms with van der Waals surface area (Å²) in [5, 5.41) is 0. The molecule has 7 nitrogen and oxygen atoms in total. The van der Waals surface area contributed by atoms with Crippen LogP contribution < -0.4 is 4.72 Å². The number of rotatable bonds is 7. The van der Waals surface area contributed by atoms with Crippen molar-refractivity contribution in [1.29, 1.82) is 0 Å². The van der Waals surface area contributed by atoms with Crippen LogP contribution in [0.25, 0.3) is 0 Å². The molecule has 0 spiro atoms. The number of hydrogen-bond donors (Lipinski definition) is 1. The van der Waals surface area contributed by atoms with E-state index in [0.717, 1.165) is 7.11 Å². The van der Waals surface area contributed by atoms with E-state index in [2.05, 4.69) is 14.2 Å². The lowest BCUT2D eigenvalue weighted by atomic mass is 10.1. The second-order valence-electron chi connectivity index (χ2n) is 3.93. The maximum absolute atomic E-state index is 11.6. The lowest BCUT2D eigenvalue weighted by molar-refractivity contribution is -0.144. The number of ether oxygens (including phenoxy) is 2. The Morgan fingerprint density at radius 3 is 2.22 bits per heavy atom. The molecule has 0 aromatic rings. The average molecular weight is 281 g/mol. The summed E-state index contributed by atoms with van der Waals surface area (Å²) in [5.74, 6) is -2.68. The highest BCUT2D eigenvalue weighted by atomic mass is 32.2. The van der Waals surface area contributed by atoms with Gasteiger partial charge in [-0.3, -0.25) is 9.59 Å². The topological polar surface area (TPSA) is 98.8 Å². The zero-order chi connectivity index (χ0) is 14.3. The Morgan fingerprint density at radius 2 is 1.83 bits per heavy atom. The highest BCUT2D eigenvalue weighted by molar-refractivity contribution is 7.90. The quantitative estimate of drug-likeness (QED) is 0.641. The smallest absolute Gasteiger partial charge is 0.324 e. The van der Waals surface area contributed by atoms with E-state index in [1.54, 1.807) is 20.8 Å². The van der Waals surface area contributed by atoms with Crippen LogP contribution in [0.3, 0.4) is 0 Å². The Hall–Kier alpha value is -1.15. The van der Waals surface area contributed by atoms with Gasteiger partial charge < -0.3 is 9.47 Å². The van der Waals surface area contributed by atoms with Gasteiger partial charge in [0, 0.05) is 0 Å². The van der Waals surface area contributed by atoms with Crippen LogP contribution >= 0.6 is 0 Å². The SMILES string of the molecule is CCOC(=O)CS(=O)(=O)NC(C(=O)OC)C(C)C. The highest BCUT2D eigenvalue weighted by Gasteiger charge is 2.29. The third-order valence-electron chi connectivity index (χ3n) is 2.04. The van der Waals surface area contributed by atoms with E-state index in [9.17, 15) is 18.0 Å². The van der Waals surface area contributed by atoms with Crippen molar-refractivity contribution in [3.8, 4) is 0 Å². The van der Waals surface area contributed by atoms with Crippen LogP contribution in [-0.4, -0.2) is 45.9 Å². The summed E-state index contributed by atoms with van der Waals surface area (Å²) in [6.07, 6.45) is 0. The van der Waals surface area contributed by atoms with E-state index >= 15 is 0 Å². The molecule has 106 valence electrons. The summed E-state index contributed by atoms with van der Waals surface area (Å²) >= 11 is 0. The van der Waals surface area contributed by atoms with Gasteiger partial charge >= 0.3 is 11.9 Å². The third-order valence-corrected chi connectivity index (χ3v) is 3.27. The van der Waals surface area contributed by atoms with Crippen LogP contribution in [0.5, 0.6) is 0 Å². The molecule has 0 saturated heterocycles. The van der Waals surface area contributed by atoms with Gasteiger partial charge in [-0.15, -0.1) is 0 Å². The molecular weight excluding hydrogens is 262 g/mol. The molecule has 0 aliphatic carbocycles. The second kappa shape index (κ2) is 7.32. The van der Waals surface area contributed by atoms with E-state index in [-0.39, 0.29) is 12.5 Å². The van der Waals surface area contributed by atoms with Crippen molar-refractivity contribution in [2.75, 3.05) is 19.5 Å². The maximum atomic E-state index is 11.6. The van der Waals surface area contributed by atoms with Crippen LogP contribution in [0.2, 0.25) is 0 Å². The lowest BCUT2D eigenvalue weighted by Gasteiger charge is -2.19. The molecule has 0 bridgehead atoms. The van der Waals surface area contributed by atoms with Gasteiger partial charge in [0.25, 0.3) is 0 Å². The van der Waals surface area contributed by atoms with Crippen LogP contribution in [0, 0.1) is 5.92 Å². The van der Waals surface area contributed by atoms with Crippen LogP contribution in [0.15, 0.2) is 0 Å². The van der Waals surface area contributed by atoms with Crippen molar-refractivity contribution >= 4 is 22.0 Å². The molecule has 1 unspecified atom stereocenters. The summed E-state index contributed by atoms with van der Waals surface area (Å²) in [5.41, 5.74) is 0. The number of carbonyl (C=O) groups is 2. The van der Waals surface area contributed by atoms with E-state index in [4.69, 9.17) is 0 Å². The number of sulfonamides is 1. The second-order valence-corrected chi connectivity index (χ2v) is 5.68. The van der Waals surface area contributed by atoms with Crippen molar-refractivity contribution in [2.24, 2.45) is 5.92 Å². The number of methoxy groups -OCH3 is 1. The first-order valence-electron chi connectivity index (χ1n) is 5.47. The summed E-state index contributed by atoms with van der Waals surface area (Å²) in [6, 6.07) is -1.02. The number of nitrogens with one attached hydrogen (secondary N) is 1. The lowest BCUT2D eigenvalue weighted by Crippen LogP contribution is -2.46. The highest BCUT2D eigenvalue weighted by Crippen LogP contribution is 2.05. The summed E-state index contributed by atoms with van der Waals surface area (Å²) in [6.45, 7) is 4.99. The van der Waals surface area contributed by atoms with Crippen molar-refractivity contribution in [3.63, 3.8) is 0 Å². The van der Waals surface area contributed by atoms with E-state index in [1.807, 2.05) is 0 Å². The Morgan fingerprint density at radius 1 is 1.28 bits per heavy atom. The minimum absolute atomic E-state index is 0.0962. The Labute approximate surface area is 107 Å². The average Bonchev–Trinajstić information content (AvgIpc) is 2.24.